The predicted octanol–water partition coefficient (Wildman–Crippen LogP) is 3.05. The first-order valence-electron chi connectivity index (χ1n) is 13.0. The van der Waals surface area contributed by atoms with Gasteiger partial charge in [0.1, 0.15) is 35.0 Å². The summed E-state index contributed by atoms with van der Waals surface area (Å²) in [4.78, 5) is 34.7. The van der Waals surface area contributed by atoms with E-state index < -0.39 is 11.4 Å². The number of anilines is 1. The molecule has 5 rings (SSSR count). The molecule has 0 unspecified atom stereocenters. The van der Waals surface area contributed by atoms with E-state index in [9.17, 15) is 14.9 Å². The number of amides is 1. The fraction of sp³-hybridized carbons (Fsp3) is 0.276. The molecule has 0 aliphatic heterocycles. The third kappa shape index (κ3) is 5.87. The minimum atomic E-state index is -0.506. The van der Waals surface area contributed by atoms with Crippen LogP contribution in [0.25, 0.3) is 16.9 Å². The van der Waals surface area contributed by atoms with E-state index in [4.69, 9.17) is 10.5 Å². The van der Waals surface area contributed by atoms with Gasteiger partial charge in [-0.1, -0.05) is 18.2 Å². The number of imidazole rings is 1. The first kappa shape index (κ1) is 26.6. The van der Waals surface area contributed by atoms with Crippen molar-refractivity contribution in [3.63, 3.8) is 0 Å². The van der Waals surface area contributed by atoms with Gasteiger partial charge in [0, 0.05) is 24.7 Å². The average molecular weight is 539 g/mol. The van der Waals surface area contributed by atoms with Gasteiger partial charge in [0.25, 0.3) is 5.91 Å². The molecule has 1 aliphatic rings. The van der Waals surface area contributed by atoms with Gasteiger partial charge in [-0.15, -0.1) is 0 Å². The quantitative estimate of drug-likeness (QED) is 0.206. The summed E-state index contributed by atoms with van der Waals surface area (Å²) in [5.74, 6) is 0.944. The van der Waals surface area contributed by atoms with Gasteiger partial charge in [-0.05, 0) is 69.2 Å². The van der Waals surface area contributed by atoms with Crippen LogP contribution in [0.2, 0.25) is 0 Å². The van der Waals surface area contributed by atoms with Gasteiger partial charge >= 0.3 is 5.69 Å². The molecule has 11 heteroatoms. The van der Waals surface area contributed by atoms with Gasteiger partial charge in [-0.2, -0.15) is 5.26 Å². The number of rotatable bonds is 10. The summed E-state index contributed by atoms with van der Waals surface area (Å²) in [6.07, 6.45) is 5.11. The van der Waals surface area contributed by atoms with E-state index in [1.807, 2.05) is 50.2 Å². The lowest BCUT2D eigenvalue weighted by Crippen LogP contribution is -2.40. The third-order valence-corrected chi connectivity index (χ3v) is 6.45. The lowest BCUT2D eigenvalue weighted by atomic mass is 10.0. The van der Waals surface area contributed by atoms with E-state index in [0.717, 1.165) is 12.8 Å². The van der Waals surface area contributed by atoms with Crippen molar-refractivity contribution in [2.45, 2.75) is 44.8 Å². The number of nitrogens with zero attached hydrogens (tertiary/aromatic N) is 5. The smallest absolute Gasteiger partial charge is 0.335 e. The highest BCUT2D eigenvalue weighted by molar-refractivity contribution is 5.97. The standard InChI is InChI=1S/C29H30N8O3/c1-29(2,35-20-8-9-20)16-19(17-30)27(38)32-14-15-36-26-24(25(31)33-18-34-26)37(28(36)39)21-10-12-23(13-11-21)40-22-6-4-3-5-7-22/h3-7,10-13,16,18,20,35H,8-9,14-15H2,1-2H3,(H,32,38)(H2,31,33,34). The summed E-state index contributed by atoms with van der Waals surface area (Å²) in [5, 5.41) is 15.7. The number of ether oxygens (including phenoxy) is 1. The highest BCUT2D eigenvalue weighted by Crippen LogP contribution is 2.25. The molecule has 40 heavy (non-hydrogen) atoms. The number of benzene rings is 2. The maximum atomic E-state index is 13.6. The van der Waals surface area contributed by atoms with Gasteiger partial charge in [-0.3, -0.25) is 13.9 Å². The van der Waals surface area contributed by atoms with Gasteiger partial charge in [0.15, 0.2) is 11.5 Å². The van der Waals surface area contributed by atoms with Crippen LogP contribution < -0.4 is 26.8 Å². The first-order chi connectivity index (χ1) is 19.3. The molecule has 0 saturated heterocycles. The lowest BCUT2D eigenvalue weighted by Gasteiger charge is -2.22. The van der Waals surface area contributed by atoms with Crippen molar-refractivity contribution in [1.82, 2.24) is 29.7 Å². The summed E-state index contributed by atoms with van der Waals surface area (Å²) in [5.41, 5.74) is 6.55. The van der Waals surface area contributed by atoms with E-state index in [2.05, 4.69) is 20.6 Å². The summed E-state index contributed by atoms with van der Waals surface area (Å²) in [6.45, 7) is 4.06. The fourth-order valence-electron chi connectivity index (χ4n) is 4.51. The lowest BCUT2D eigenvalue weighted by molar-refractivity contribution is -0.117. The first-order valence-corrected chi connectivity index (χ1v) is 13.0. The zero-order valence-electron chi connectivity index (χ0n) is 22.3. The number of hydrogen-bond donors (Lipinski definition) is 3. The number of nitrogens with two attached hydrogens (primary N) is 1. The Bertz CT molecular complexity index is 1660. The zero-order valence-corrected chi connectivity index (χ0v) is 22.3. The van der Waals surface area contributed by atoms with Crippen LogP contribution in [0.5, 0.6) is 11.5 Å². The Kier molecular flexibility index (Phi) is 7.35. The van der Waals surface area contributed by atoms with Crippen LogP contribution >= 0.6 is 0 Å². The van der Waals surface area contributed by atoms with Crippen molar-refractivity contribution in [2.24, 2.45) is 0 Å². The predicted molar refractivity (Wildman–Crippen MR) is 151 cm³/mol. The molecule has 0 spiro atoms. The number of nitrogen functional groups attached to an aromatic ring is 1. The van der Waals surface area contributed by atoms with Crippen LogP contribution in [0, 0.1) is 11.3 Å². The molecular formula is C29H30N8O3. The Labute approximate surface area is 230 Å². The Morgan fingerprint density at radius 1 is 1.15 bits per heavy atom. The van der Waals surface area contributed by atoms with Gasteiger partial charge in [0.05, 0.1) is 5.69 Å². The Morgan fingerprint density at radius 2 is 1.85 bits per heavy atom. The number of aromatic nitrogens is 4. The van der Waals surface area contributed by atoms with Crippen molar-refractivity contribution in [1.29, 1.82) is 5.26 Å². The summed E-state index contributed by atoms with van der Waals surface area (Å²) < 4.78 is 8.72. The highest BCUT2D eigenvalue weighted by atomic mass is 16.5. The second kappa shape index (κ2) is 11.0. The molecule has 11 nitrogen and oxygen atoms in total. The van der Waals surface area contributed by atoms with Crippen LogP contribution in [-0.4, -0.2) is 43.1 Å². The Morgan fingerprint density at radius 3 is 2.52 bits per heavy atom. The maximum absolute atomic E-state index is 13.6. The van der Waals surface area contributed by atoms with Crippen molar-refractivity contribution in [3.05, 3.63) is 83.1 Å². The Balaban J connectivity index is 1.35. The average Bonchev–Trinajstić information content (AvgIpc) is 3.70. The molecule has 1 amide bonds. The van der Waals surface area contributed by atoms with E-state index >= 15 is 0 Å². The van der Waals surface area contributed by atoms with E-state index in [-0.39, 0.29) is 30.2 Å². The zero-order chi connectivity index (χ0) is 28.3. The van der Waals surface area contributed by atoms with Crippen molar-refractivity contribution in [3.8, 4) is 23.3 Å². The molecule has 1 aliphatic carbocycles. The molecule has 4 N–H and O–H groups in total. The number of carbonyl (C=O) groups excluding carboxylic acids is 1. The number of para-hydroxylation sites is 1. The maximum Gasteiger partial charge on any atom is 0.335 e. The number of carbonyl (C=O) groups is 1. The number of nitriles is 1. The molecule has 2 aromatic heterocycles. The summed E-state index contributed by atoms with van der Waals surface area (Å²) in [6, 6.07) is 18.8. The normalized spacial score (nSPS) is 13.7. The van der Waals surface area contributed by atoms with Gasteiger partial charge < -0.3 is 21.1 Å². The Hall–Kier alpha value is -4.95. The molecule has 0 radical (unpaired) electrons. The minimum absolute atomic E-state index is 0.0114. The third-order valence-electron chi connectivity index (χ3n) is 6.45. The topological polar surface area (TPSA) is 153 Å². The molecule has 2 aromatic carbocycles. The number of hydrogen-bond acceptors (Lipinski definition) is 8. The second-order valence-corrected chi connectivity index (χ2v) is 10.2. The van der Waals surface area contributed by atoms with Crippen LogP contribution in [0.3, 0.4) is 0 Å². The summed E-state index contributed by atoms with van der Waals surface area (Å²) >= 11 is 0. The minimum Gasteiger partial charge on any atom is -0.457 e. The number of nitrogens with one attached hydrogen (secondary N) is 2. The largest absolute Gasteiger partial charge is 0.457 e. The van der Waals surface area contributed by atoms with Crippen LogP contribution in [-0.2, 0) is 11.3 Å². The molecule has 2 heterocycles. The van der Waals surface area contributed by atoms with Crippen molar-refractivity contribution in [2.75, 3.05) is 12.3 Å². The fourth-order valence-corrected chi connectivity index (χ4v) is 4.51. The molecule has 0 bridgehead atoms. The molecule has 1 fully saturated rings. The van der Waals surface area contributed by atoms with E-state index in [1.165, 1.54) is 15.5 Å². The monoisotopic (exact) mass is 538 g/mol. The van der Waals surface area contributed by atoms with E-state index in [1.54, 1.807) is 30.3 Å². The second-order valence-electron chi connectivity index (χ2n) is 10.2. The summed E-state index contributed by atoms with van der Waals surface area (Å²) in [7, 11) is 0. The van der Waals surface area contributed by atoms with Crippen LogP contribution in [0.4, 0.5) is 5.82 Å². The van der Waals surface area contributed by atoms with E-state index in [0.29, 0.717) is 34.4 Å². The molecule has 204 valence electrons. The van der Waals surface area contributed by atoms with Gasteiger partial charge in [0.2, 0.25) is 0 Å². The SMILES string of the molecule is CC(C)(C=C(C#N)C(=O)NCCn1c(=O)n(-c2ccc(Oc3ccccc3)cc2)c2c(N)ncnc21)NC1CC1. The molecule has 4 aromatic rings. The number of fused-ring (bicyclic) bond motifs is 1. The van der Waals surface area contributed by atoms with Gasteiger partial charge in [-0.25, -0.2) is 14.8 Å². The van der Waals surface area contributed by atoms with Crippen molar-refractivity contribution < 1.29 is 9.53 Å². The molecular weight excluding hydrogens is 508 g/mol. The molecule has 0 atom stereocenters. The van der Waals surface area contributed by atoms with Crippen molar-refractivity contribution >= 4 is 22.9 Å². The molecule has 1 saturated carbocycles. The van der Waals surface area contributed by atoms with Crippen LogP contribution in [0.1, 0.15) is 26.7 Å². The highest BCUT2D eigenvalue weighted by Gasteiger charge is 2.29. The van der Waals surface area contributed by atoms with Crippen LogP contribution in [0.15, 0.2) is 77.4 Å².